The zero-order chi connectivity index (χ0) is 13.7. The van der Waals surface area contributed by atoms with E-state index >= 15 is 0 Å². The first kappa shape index (κ1) is 14.2. The van der Waals surface area contributed by atoms with Crippen molar-refractivity contribution in [3.05, 3.63) is 24.3 Å². The Hall–Kier alpha value is -1.22. The minimum Gasteiger partial charge on any atom is -0.383 e. The van der Waals surface area contributed by atoms with E-state index < -0.39 is 0 Å². The quantitative estimate of drug-likeness (QED) is 0.850. The summed E-state index contributed by atoms with van der Waals surface area (Å²) in [5.41, 5.74) is 2.53. The van der Waals surface area contributed by atoms with Gasteiger partial charge >= 0.3 is 0 Å². The molecule has 3 nitrogen and oxygen atoms in total. The Morgan fingerprint density at radius 2 is 2.00 bits per heavy atom. The predicted octanol–water partition coefficient (Wildman–Crippen LogP) is 3.37. The molecule has 0 bridgehead atoms. The standard InChI is InChI=1S/C16H26N2O/c1-13(2)16(12-19-3)17-14-7-6-8-15(11-14)18-9-4-5-10-18/h6-8,11,13,16-17H,4-5,9-10,12H2,1-3H3. The lowest BCUT2D eigenvalue weighted by Gasteiger charge is -2.24. The third kappa shape index (κ3) is 3.87. The molecule has 106 valence electrons. The van der Waals surface area contributed by atoms with Crippen LogP contribution in [0.5, 0.6) is 0 Å². The van der Waals surface area contributed by atoms with Gasteiger partial charge in [-0.3, -0.25) is 0 Å². The Morgan fingerprint density at radius 3 is 2.63 bits per heavy atom. The van der Waals surface area contributed by atoms with E-state index in [0.717, 1.165) is 6.61 Å². The predicted molar refractivity (Wildman–Crippen MR) is 82.0 cm³/mol. The first-order chi connectivity index (χ1) is 9.20. The molecule has 1 N–H and O–H groups in total. The lowest BCUT2D eigenvalue weighted by molar-refractivity contribution is 0.171. The Kier molecular flexibility index (Phi) is 5.08. The second-order valence-electron chi connectivity index (χ2n) is 5.69. The normalized spacial score (nSPS) is 16.9. The van der Waals surface area contributed by atoms with Crippen molar-refractivity contribution in [1.82, 2.24) is 0 Å². The maximum atomic E-state index is 5.29. The third-order valence-electron chi connectivity index (χ3n) is 3.82. The molecule has 0 amide bonds. The molecule has 0 spiro atoms. The zero-order valence-corrected chi connectivity index (χ0v) is 12.4. The molecular formula is C16H26N2O. The molecule has 3 heteroatoms. The van der Waals surface area contributed by atoms with E-state index in [9.17, 15) is 0 Å². The summed E-state index contributed by atoms with van der Waals surface area (Å²) < 4.78 is 5.29. The molecule has 19 heavy (non-hydrogen) atoms. The molecule has 2 rings (SSSR count). The van der Waals surface area contributed by atoms with Crippen molar-refractivity contribution < 1.29 is 4.74 Å². The molecule has 1 heterocycles. The van der Waals surface area contributed by atoms with Crippen LogP contribution in [0.2, 0.25) is 0 Å². The minimum absolute atomic E-state index is 0.360. The largest absolute Gasteiger partial charge is 0.383 e. The highest BCUT2D eigenvalue weighted by atomic mass is 16.5. The third-order valence-corrected chi connectivity index (χ3v) is 3.82. The van der Waals surface area contributed by atoms with E-state index in [1.165, 1.54) is 37.3 Å². The van der Waals surface area contributed by atoms with E-state index in [-0.39, 0.29) is 0 Å². The van der Waals surface area contributed by atoms with Crippen LogP contribution >= 0.6 is 0 Å². The maximum absolute atomic E-state index is 5.29. The number of benzene rings is 1. The Balaban J connectivity index is 2.05. The van der Waals surface area contributed by atoms with E-state index in [1.54, 1.807) is 7.11 Å². The van der Waals surface area contributed by atoms with Gasteiger partial charge in [-0.05, 0) is 37.0 Å². The van der Waals surface area contributed by atoms with Crippen molar-refractivity contribution in [3.8, 4) is 0 Å². The van der Waals surface area contributed by atoms with Gasteiger partial charge in [-0.25, -0.2) is 0 Å². The Bertz CT molecular complexity index is 386. The number of nitrogens with zero attached hydrogens (tertiary/aromatic N) is 1. The van der Waals surface area contributed by atoms with Gasteiger partial charge in [0.1, 0.15) is 0 Å². The number of anilines is 2. The van der Waals surface area contributed by atoms with Gasteiger partial charge in [0.25, 0.3) is 0 Å². The fourth-order valence-corrected chi connectivity index (χ4v) is 2.56. The van der Waals surface area contributed by atoms with Crippen molar-refractivity contribution in [2.75, 3.05) is 37.0 Å². The van der Waals surface area contributed by atoms with Crippen LogP contribution in [0.3, 0.4) is 0 Å². The topological polar surface area (TPSA) is 24.5 Å². The molecule has 1 unspecified atom stereocenters. The van der Waals surface area contributed by atoms with Crippen LogP contribution in [0.4, 0.5) is 11.4 Å². The average Bonchev–Trinajstić information content (AvgIpc) is 2.92. The molecule has 1 saturated heterocycles. The smallest absolute Gasteiger partial charge is 0.0666 e. The van der Waals surface area contributed by atoms with Crippen LogP contribution in [0.25, 0.3) is 0 Å². The number of rotatable bonds is 6. The summed E-state index contributed by atoms with van der Waals surface area (Å²) in [6, 6.07) is 9.11. The molecule has 1 fully saturated rings. The summed E-state index contributed by atoms with van der Waals surface area (Å²) in [4.78, 5) is 2.46. The van der Waals surface area contributed by atoms with Gasteiger partial charge in [0, 0.05) is 31.6 Å². The Labute approximate surface area is 116 Å². The van der Waals surface area contributed by atoms with E-state index in [0.29, 0.717) is 12.0 Å². The first-order valence-electron chi connectivity index (χ1n) is 7.31. The summed E-state index contributed by atoms with van der Waals surface area (Å²) >= 11 is 0. The fraction of sp³-hybridized carbons (Fsp3) is 0.625. The van der Waals surface area contributed by atoms with Crippen molar-refractivity contribution in [2.45, 2.75) is 32.7 Å². The van der Waals surface area contributed by atoms with Crippen molar-refractivity contribution in [3.63, 3.8) is 0 Å². The van der Waals surface area contributed by atoms with Gasteiger partial charge in [0.05, 0.1) is 12.6 Å². The van der Waals surface area contributed by atoms with Gasteiger partial charge < -0.3 is 15.0 Å². The molecule has 0 aliphatic carbocycles. The highest BCUT2D eigenvalue weighted by molar-refractivity contribution is 5.58. The molecule has 0 saturated carbocycles. The molecule has 1 aliphatic heterocycles. The van der Waals surface area contributed by atoms with E-state index in [2.05, 4.69) is 48.3 Å². The lowest BCUT2D eigenvalue weighted by atomic mass is 10.0. The van der Waals surface area contributed by atoms with Gasteiger partial charge in [0.2, 0.25) is 0 Å². The van der Waals surface area contributed by atoms with Crippen LogP contribution in [-0.4, -0.2) is 32.8 Å². The number of nitrogens with one attached hydrogen (secondary N) is 1. The summed E-state index contributed by atoms with van der Waals surface area (Å²) in [7, 11) is 1.76. The van der Waals surface area contributed by atoms with Crippen molar-refractivity contribution in [1.29, 1.82) is 0 Å². The molecule has 1 aromatic rings. The van der Waals surface area contributed by atoms with Crippen LogP contribution in [-0.2, 0) is 4.74 Å². The maximum Gasteiger partial charge on any atom is 0.0666 e. The summed E-state index contributed by atoms with van der Waals surface area (Å²) in [5.74, 6) is 0.551. The average molecular weight is 262 g/mol. The lowest BCUT2D eigenvalue weighted by Crippen LogP contribution is -2.30. The first-order valence-corrected chi connectivity index (χ1v) is 7.31. The summed E-state index contributed by atoms with van der Waals surface area (Å²) in [6.07, 6.45) is 2.63. The summed E-state index contributed by atoms with van der Waals surface area (Å²) in [5, 5.41) is 3.59. The van der Waals surface area contributed by atoms with Crippen LogP contribution in [0, 0.1) is 5.92 Å². The van der Waals surface area contributed by atoms with E-state index in [4.69, 9.17) is 4.74 Å². The molecule has 1 aliphatic rings. The molecule has 1 atom stereocenters. The van der Waals surface area contributed by atoms with E-state index in [1.807, 2.05) is 0 Å². The fourth-order valence-electron chi connectivity index (χ4n) is 2.56. The molecule has 0 radical (unpaired) electrons. The van der Waals surface area contributed by atoms with Gasteiger partial charge in [0.15, 0.2) is 0 Å². The highest BCUT2D eigenvalue weighted by Crippen LogP contribution is 2.24. The van der Waals surface area contributed by atoms with Crippen molar-refractivity contribution >= 4 is 11.4 Å². The zero-order valence-electron chi connectivity index (χ0n) is 12.4. The minimum atomic E-state index is 0.360. The van der Waals surface area contributed by atoms with Gasteiger partial charge in [-0.2, -0.15) is 0 Å². The Morgan fingerprint density at radius 1 is 1.26 bits per heavy atom. The van der Waals surface area contributed by atoms with Crippen LogP contribution in [0.15, 0.2) is 24.3 Å². The highest BCUT2D eigenvalue weighted by Gasteiger charge is 2.15. The SMILES string of the molecule is COCC(Nc1cccc(N2CCCC2)c1)C(C)C. The summed E-state index contributed by atoms with van der Waals surface area (Å²) in [6.45, 7) is 7.57. The second kappa shape index (κ2) is 6.80. The number of hydrogen-bond donors (Lipinski definition) is 1. The molecule has 0 aromatic heterocycles. The van der Waals surface area contributed by atoms with Crippen molar-refractivity contribution in [2.24, 2.45) is 5.92 Å². The van der Waals surface area contributed by atoms with Crippen LogP contribution < -0.4 is 10.2 Å². The van der Waals surface area contributed by atoms with Crippen LogP contribution in [0.1, 0.15) is 26.7 Å². The number of methoxy groups -OCH3 is 1. The molecule has 1 aromatic carbocycles. The number of ether oxygens (including phenoxy) is 1. The monoisotopic (exact) mass is 262 g/mol. The van der Waals surface area contributed by atoms with Gasteiger partial charge in [-0.15, -0.1) is 0 Å². The molecular weight excluding hydrogens is 236 g/mol. The van der Waals surface area contributed by atoms with Gasteiger partial charge in [-0.1, -0.05) is 19.9 Å². The number of hydrogen-bond acceptors (Lipinski definition) is 3. The second-order valence-corrected chi connectivity index (χ2v) is 5.69.